The van der Waals surface area contributed by atoms with Gasteiger partial charge in [-0.1, -0.05) is 15.9 Å². The topological polar surface area (TPSA) is 49.8 Å². The van der Waals surface area contributed by atoms with Crippen LogP contribution in [0.5, 0.6) is 0 Å². The number of aromatic nitrogens is 2. The number of nitrogens with zero attached hydrogens (tertiary/aromatic N) is 2. The Morgan fingerprint density at radius 1 is 1.06 bits per heavy atom. The molecule has 0 amide bonds. The first-order chi connectivity index (χ1) is 7.78. The first-order valence-electron chi connectivity index (χ1n) is 4.80. The molecule has 0 spiro atoms. The number of halogens is 1. The number of hydrogen-bond donors (Lipinski definition) is 2. The van der Waals surface area contributed by atoms with Crippen molar-refractivity contribution in [3.05, 3.63) is 41.1 Å². The van der Waals surface area contributed by atoms with Gasteiger partial charge in [-0.25, -0.2) is 9.97 Å². The van der Waals surface area contributed by atoms with Crippen LogP contribution in [0.25, 0.3) is 0 Å². The minimum absolute atomic E-state index is 0.765. The molecule has 2 rings (SSSR count). The van der Waals surface area contributed by atoms with Gasteiger partial charge in [-0.15, -0.1) is 0 Å². The summed E-state index contributed by atoms with van der Waals surface area (Å²) in [5.41, 5.74) is 0.990. The molecule has 0 saturated carbocycles. The molecular formula is C11H11BrN4. The van der Waals surface area contributed by atoms with Gasteiger partial charge < -0.3 is 10.6 Å². The zero-order chi connectivity index (χ0) is 11.4. The van der Waals surface area contributed by atoms with E-state index in [1.54, 1.807) is 0 Å². The monoisotopic (exact) mass is 278 g/mol. The zero-order valence-corrected chi connectivity index (χ0v) is 10.3. The summed E-state index contributed by atoms with van der Waals surface area (Å²) in [6.45, 7) is 0. The Kier molecular flexibility index (Phi) is 3.36. The predicted molar refractivity (Wildman–Crippen MR) is 69.0 cm³/mol. The third-order valence-corrected chi connectivity index (χ3v) is 2.57. The predicted octanol–water partition coefficient (Wildman–Crippen LogP) is 3.02. The molecule has 0 fully saturated rings. The highest BCUT2D eigenvalue weighted by atomic mass is 79.9. The van der Waals surface area contributed by atoms with E-state index in [2.05, 4.69) is 36.5 Å². The van der Waals surface area contributed by atoms with Crippen molar-refractivity contribution < 1.29 is 0 Å². The summed E-state index contributed by atoms with van der Waals surface area (Å²) < 4.78 is 1.05. The van der Waals surface area contributed by atoms with E-state index in [1.807, 2.05) is 37.4 Å². The fraction of sp³-hybridized carbons (Fsp3) is 0.0909. The molecule has 1 heterocycles. The lowest BCUT2D eigenvalue weighted by atomic mass is 10.3. The zero-order valence-electron chi connectivity index (χ0n) is 8.74. The van der Waals surface area contributed by atoms with E-state index in [1.165, 1.54) is 6.33 Å². The van der Waals surface area contributed by atoms with Crippen molar-refractivity contribution in [1.82, 2.24) is 9.97 Å². The molecule has 4 nitrogen and oxygen atoms in total. The maximum atomic E-state index is 4.13. The van der Waals surface area contributed by atoms with Crippen molar-refractivity contribution in [1.29, 1.82) is 0 Å². The fourth-order valence-corrected chi connectivity index (χ4v) is 1.51. The third kappa shape index (κ3) is 2.70. The maximum absolute atomic E-state index is 4.13. The Balaban J connectivity index is 2.16. The SMILES string of the molecule is CNc1cc(Nc2ccc(Br)cc2)ncn1. The summed E-state index contributed by atoms with van der Waals surface area (Å²) in [6.07, 6.45) is 1.52. The van der Waals surface area contributed by atoms with Crippen LogP contribution in [-0.4, -0.2) is 17.0 Å². The van der Waals surface area contributed by atoms with Gasteiger partial charge in [0.2, 0.25) is 0 Å². The molecule has 16 heavy (non-hydrogen) atoms. The van der Waals surface area contributed by atoms with Gasteiger partial charge in [0.15, 0.2) is 0 Å². The Morgan fingerprint density at radius 3 is 2.44 bits per heavy atom. The highest BCUT2D eigenvalue weighted by Gasteiger charge is 1.97. The lowest BCUT2D eigenvalue weighted by molar-refractivity contribution is 1.16. The summed E-state index contributed by atoms with van der Waals surface area (Å²) in [5, 5.41) is 6.16. The lowest BCUT2D eigenvalue weighted by Gasteiger charge is -2.06. The Labute approximate surface area is 102 Å². The molecule has 0 aliphatic carbocycles. The molecule has 0 aliphatic rings. The van der Waals surface area contributed by atoms with E-state index in [-0.39, 0.29) is 0 Å². The van der Waals surface area contributed by atoms with E-state index in [9.17, 15) is 0 Å². The Bertz CT molecular complexity index is 470. The normalized spacial score (nSPS) is 9.88. The summed E-state index contributed by atoms with van der Waals surface area (Å²) in [6, 6.07) is 9.75. The van der Waals surface area contributed by atoms with Crippen LogP contribution in [0.2, 0.25) is 0 Å². The number of anilines is 3. The second-order valence-electron chi connectivity index (χ2n) is 3.17. The van der Waals surface area contributed by atoms with Gasteiger partial charge >= 0.3 is 0 Å². The Hall–Kier alpha value is -1.62. The number of hydrogen-bond acceptors (Lipinski definition) is 4. The van der Waals surface area contributed by atoms with Gasteiger partial charge in [0.05, 0.1) is 0 Å². The quantitative estimate of drug-likeness (QED) is 0.906. The van der Waals surface area contributed by atoms with Crippen LogP contribution in [0.3, 0.4) is 0 Å². The number of rotatable bonds is 3. The average Bonchev–Trinajstić information content (AvgIpc) is 2.32. The van der Waals surface area contributed by atoms with Crippen molar-refractivity contribution in [2.45, 2.75) is 0 Å². The second kappa shape index (κ2) is 4.94. The minimum atomic E-state index is 0.765. The van der Waals surface area contributed by atoms with Crippen molar-refractivity contribution in [2.75, 3.05) is 17.7 Å². The van der Waals surface area contributed by atoms with Crippen LogP contribution in [0, 0.1) is 0 Å². The highest BCUT2D eigenvalue weighted by molar-refractivity contribution is 9.10. The van der Waals surface area contributed by atoms with Gasteiger partial charge in [0, 0.05) is 23.3 Å². The fourth-order valence-electron chi connectivity index (χ4n) is 1.24. The van der Waals surface area contributed by atoms with Crippen LogP contribution >= 0.6 is 15.9 Å². The van der Waals surface area contributed by atoms with Crippen LogP contribution < -0.4 is 10.6 Å². The van der Waals surface area contributed by atoms with Gasteiger partial charge in [-0.05, 0) is 24.3 Å². The van der Waals surface area contributed by atoms with Crippen LogP contribution in [0.1, 0.15) is 0 Å². The maximum Gasteiger partial charge on any atom is 0.135 e. The van der Waals surface area contributed by atoms with Crippen LogP contribution in [0.4, 0.5) is 17.3 Å². The largest absolute Gasteiger partial charge is 0.373 e. The summed E-state index contributed by atoms with van der Waals surface area (Å²) >= 11 is 3.39. The first kappa shape index (κ1) is 10.9. The van der Waals surface area contributed by atoms with Gasteiger partial charge in [-0.2, -0.15) is 0 Å². The minimum Gasteiger partial charge on any atom is -0.373 e. The van der Waals surface area contributed by atoms with Crippen molar-refractivity contribution in [2.24, 2.45) is 0 Å². The van der Waals surface area contributed by atoms with E-state index >= 15 is 0 Å². The molecule has 0 bridgehead atoms. The molecule has 0 aliphatic heterocycles. The molecule has 0 saturated heterocycles. The molecule has 5 heteroatoms. The average molecular weight is 279 g/mol. The van der Waals surface area contributed by atoms with Gasteiger partial charge in [-0.3, -0.25) is 0 Å². The molecule has 82 valence electrons. The summed E-state index contributed by atoms with van der Waals surface area (Å²) in [7, 11) is 1.83. The Morgan fingerprint density at radius 2 is 1.75 bits per heavy atom. The first-order valence-corrected chi connectivity index (χ1v) is 5.59. The van der Waals surface area contributed by atoms with E-state index < -0.39 is 0 Å². The van der Waals surface area contributed by atoms with Crippen molar-refractivity contribution in [3.8, 4) is 0 Å². The summed E-state index contributed by atoms with van der Waals surface area (Å²) in [4.78, 5) is 8.18. The molecule has 2 aromatic rings. The number of nitrogens with one attached hydrogen (secondary N) is 2. The molecular weight excluding hydrogens is 268 g/mol. The molecule has 1 aromatic carbocycles. The van der Waals surface area contributed by atoms with Gasteiger partial charge in [0.25, 0.3) is 0 Å². The standard InChI is InChI=1S/C11H11BrN4/c1-13-10-6-11(15-7-14-10)16-9-4-2-8(12)3-5-9/h2-7H,1H3,(H2,13,14,15,16). The highest BCUT2D eigenvalue weighted by Crippen LogP contribution is 2.18. The van der Waals surface area contributed by atoms with E-state index in [0.29, 0.717) is 0 Å². The molecule has 1 aromatic heterocycles. The van der Waals surface area contributed by atoms with E-state index in [4.69, 9.17) is 0 Å². The summed E-state index contributed by atoms with van der Waals surface area (Å²) in [5.74, 6) is 1.55. The third-order valence-electron chi connectivity index (χ3n) is 2.04. The molecule has 2 N–H and O–H groups in total. The van der Waals surface area contributed by atoms with Crippen LogP contribution in [-0.2, 0) is 0 Å². The smallest absolute Gasteiger partial charge is 0.135 e. The molecule has 0 radical (unpaired) electrons. The van der Waals surface area contributed by atoms with Crippen molar-refractivity contribution in [3.63, 3.8) is 0 Å². The van der Waals surface area contributed by atoms with E-state index in [0.717, 1.165) is 21.8 Å². The molecule has 0 atom stereocenters. The van der Waals surface area contributed by atoms with Gasteiger partial charge in [0.1, 0.15) is 18.0 Å². The van der Waals surface area contributed by atoms with Crippen LogP contribution in [0.15, 0.2) is 41.1 Å². The lowest BCUT2D eigenvalue weighted by Crippen LogP contribution is -1.97. The number of benzene rings is 1. The molecule has 0 unspecified atom stereocenters. The van der Waals surface area contributed by atoms with Crippen molar-refractivity contribution >= 4 is 33.3 Å². The second-order valence-corrected chi connectivity index (χ2v) is 4.09.